The number of benzene rings is 2. The number of anilines is 1. The Labute approximate surface area is 165 Å². The number of carbonyl (C=O) groups is 1. The summed E-state index contributed by atoms with van der Waals surface area (Å²) < 4.78 is 6.30. The minimum atomic E-state index is -0.461. The molecule has 0 saturated heterocycles. The van der Waals surface area contributed by atoms with Gasteiger partial charge in [0, 0.05) is 28.6 Å². The Bertz CT molecular complexity index is 1130. The second kappa shape index (κ2) is 6.12. The molecule has 0 spiro atoms. The lowest BCUT2D eigenvalue weighted by Crippen LogP contribution is -2.06. The molecule has 132 valence electrons. The van der Waals surface area contributed by atoms with Crippen LogP contribution in [0.1, 0.15) is 28.4 Å². The first kappa shape index (κ1) is 16.4. The van der Waals surface area contributed by atoms with Crippen LogP contribution in [0, 0.1) is 0 Å². The van der Waals surface area contributed by atoms with Gasteiger partial charge in [0.25, 0.3) is 5.91 Å². The maximum absolute atomic E-state index is 12.7. The van der Waals surface area contributed by atoms with Gasteiger partial charge in [-0.3, -0.25) is 4.79 Å². The third-order valence-electron chi connectivity index (χ3n) is 4.76. The highest BCUT2D eigenvalue weighted by Crippen LogP contribution is 2.50. The molecule has 27 heavy (non-hydrogen) atoms. The molecule has 1 N–H and O–H groups in total. The molecular formula is C21H12Cl2N2O2. The van der Waals surface area contributed by atoms with Crippen LogP contribution in [0.25, 0.3) is 11.3 Å². The zero-order valence-corrected chi connectivity index (χ0v) is 15.4. The molecule has 1 unspecified atom stereocenters. The zero-order valence-electron chi connectivity index (χ0n) is 13.9. The molecule has 0 aliphatic carbocycles. The molecule has 4 nitrogen and oxygen atoms in total. The van der Waals surface area contributed by atoms with E-state index >= 15 is 0 Å². The first-order chi connectivity index (χ1) is 13.1. The van der Waals surface area contributed by atoms with Crippen LogP contribution in [0.15, 0.2) is 60.8 Å². The Morgan fingerprint density at radius 1 is 0.963 bits per heavy atom. The van der Waals surface area contributed by atoms with Crippen LogP contribution in [0.3, 0.4) is 0 Å². The fraction of sp³-hybridized carbons (Fsp3) is 0.0476. The molecule has 3 aromatic rings. The number of carbonyl (C=O) groups excluding carboxylic acids is 1. The molecule has 0 bridgehead atoms. The average molecular weight is 395 g/mol. The van der Waals surface area contributed by atoms with Crippen LogP contribution in [0.2, 0.25) is 10.2 Å². The number of nitrogens with zero attached hydrogens (tertiary/aromatic N) is 1. The molecular weight excluding hydrogens is 383 g/mol. The van der Waals surface area contributed by atoms with Crippen molar-refractivity contribution in [1.82, 2.24) is 4.98 Å². The standard InChI is InChI=1S/C21H12Cl2N2O2/c22-17-15-13(10-24-20(17)23)19(27-18(15)11-6-2-1-3-7-11)16-12-8-4-5-9-14(12)25-21(16)26/h1-10,18H,(H,25,26). The summed E-state index contributed by atoms with van der Waals surface area (Å²) in [6, 6.07) is 17.2. The maximum atomic E-state index is 12.7. The lowest BCUT2D eigenvalue weighted by atomic mass is 9.98. The number of pyridine rings is 1. The summed E-state index contributed by atoms with van der Waals surface area (Å²) in [5.41, 5.74) is 4.35. The fourth-order valence-corrected chi connectivity index (χ4v) is 3.95. The SMILES string of the molecule is O=C1Nc2ccccc2C1=C1OC(c2ccccc2)c2c1cnc(Cl)c2Cl. The number of para-hydroxylation sites is 1. The van der Waals surface area contributed by atoms with Gasteiger partial charge < -0.3 is 10.1 Å². The lowest BCUT2D eigenvalue weighted by Gasteiger charge is -2.14. The summed E-state index contributed by atoms with van der Waals surface area (Å²) in [5, 5.41) is 3.43. The van der Waals surface area contributed by atoms with E-state index in [1.807, 2.05) is 54.6 Å². The number of aromatic nitrogens is 1. The summed E-state index contributed by atoms with van der Waals surface area (Å²) >= 11 is 12.7. The quantitative estimate of drug-likeness (QED) is 0.448. The van der Waals surface area contributed by atoms with Crippen molar-refractivity contribution in [2.75, 3.05) is 5.32 Å². The van der Waals surface area contributed by atoms with E-state index < -0.39 is 6.10 Å². The first-order valence-electron chi connectivity index (χ1n) is 8.36. The van der Waals surface area contributed by atoms with Gasteiger partial charge in [-0.1, -0.05) is 71.7 Å². The summed E-state index contributed by atoms with van der Waals surface area (Å²) in [4.78, 5) is 16.9. The highest BCUT2D eigenvalue weighted by molar-refractivity contribution is 6.42. The van der Waals surface area contributed by atoms with Gasteiger partial charge in [0.2, 0.25) is 0 Å². The Balaban J connectivity index is 1.78. The van der Waals surface area contributed by atoms with Crippen LogP contribution in [0.5, 0.6) is 0 Å². The number of hydrogen-bond acceptors (Lipinski definition) is 3. The van der Waals surface area contributed by atoms with E-state index in [0.717, 1.165) is 22.4 Å². The topological polar surface area (TPSA) is 51.2 Å². The van der Waals surface area contributed by atoms with E-state index in [2.05, 4.69) is 10.3 Å². The van der Waals surface area contributed by atoms with Gasteiger partial charge in [-0.2, -0.15) is 0 Å². The number of rotatable bonds is 1. The number of halogens is 2. The molecule has 0 fully saturated rings. The third kappa shape index (κ3) is 2.45. The Morgan fingerprint density at radius 3 is 2.52 bits per heavy atom. The summed E-state index contributed by atoms with van der Waals surface area (Å²) in [6.45, 7) is 0. The van der Waals surface area contributed by atoms with Gasteiger partial charge in [0.15, 0.2) is 6.10 Å². The van der Waals surface area contributed by atoms with Crippen LogP contribution >= 0.6 is 23.2 Å². The Morgan fingerprint density at radius 2 is 1.70 bits per heavy atom. The average Bonchev–Trinajstić information content (AvgIpc) is 3.22. The van der Waals surface area contributed by atoms with Crippen molar-refractivity contribution in [2.24, 2.45) is 0 Å². The van der Waals surface area contributed by atoms with Gasteiger partial charge in [0.1, 0.15) is 10.9 Å². The second-order valence-electron chi connectivity index (χ2n) is 6.30. The molecule has 1 atom stereocenters. The molecule has 6 heteroatoms. The minimum absolute atomic E-state index is 0.211. The smallest absolute Gasteiger partial charge is 0.260 e. The lowest BCUT2D eigenvalue weighted by molar-refractivity contribution is -0.110. The van der Waals surface area contributed by atoms with Gasteiger partial charge in [-0.05, 0) is 11.6 Å². The van der Waals surface area contributed by atoms with Gasteiger partial charge in [0.05, 0.1) is 10.6 Å². The summed E-state index contributed by atoms with van der Waals surface area (Å²) in [5.74, 6) is 0.254. The molecule has 5 rings (SSSR count). The highest BCUT2D eigenvalue weighted by atomic mass is 35.5. The number of fused-ring (bicyclic) bond motifs is 2. The number of nitrogens with one attached hydrogen (secondary N) is 1. The Hall–Kier alpha value is -2.82. The molecule has 0 radical (unpaired) electrons. The van der Waals surface area contributed by atoms with Gasteiger partial charge >= 0.3 is 0 Å². The third-order valence-corrected chi connectivity index (χ3v) is 5.52. The molecule has 0 saturated carbocycles. The monoisotopic (exact) mass is 394 g/mol. The number of ether oxygens (including phenoxy) is 1. The fourth-order valence-electron chi connectivity index (χ4n) is 3.55. The van der Waals surface area contributed by atoms with E-state index in [1.54, 1.807) is 6.20 Å². The molecule has 2 aromatic carbocycles. The van der Waals surface area contributed by atoms with Crippen molar-refractivity contribution >= 4 is 46.1 Å². The minimum Gasteiger partial charge on any atom is -0.479 e. The van der Waals surface area contributed by atoms with E-state index in [-0.39, 0.29) is 11.1 Å². The molecule has 3 heterocycles. The zero-order chi connectivity index (χ0) is 18.5. The largest absolute Gasteiger partial charge is 0.479 e. The molecule has 2 aliphatic rings. The van der Waals surface area contributed by atoms with E-state index in [1.165, 1.54) is 0 Å². The van der Waals surface area contributed by atoms with Crippen molar-refractivity contribution < 1.29 is 9.53 Å². The van der Waals surface area contributed by atoms with Crippen LogP contribution in [-0.2, 0) is 9.53 Å². The normalized spacial score (nSPS) is 20.1. The van der Waals surface area contributed by atoms with Crippen molar-refractivity contribution in [3.05, 3.63) is 93.2 Å². The highest BCUT2D eigenvalue weighted by Gasteiger charge is 2.39. The predicted octanol–water partition coefficient (Wildman–Crippen LogP) is 5.33. The second-order valence-corrected chi connectivity index (χ2v) is 7.04. The van der Waals surface area contributed by atoms with Crippen LogP contribution in [0.4, 0.5) is 5.69 Å². The summed E-state index contributed by atoms with van der Waals surface area (Å²) in [6.07, 6.45) is 1.15. The predicted molar refractivity (Wildman–Crippen MR) is 106 cm³/mol. The van der Waals surface area contributed by atoms with Crippen molar-refractivity contribution in [3.63, 3.8) is 0 Å². The van der Waals surface area contributed by atoms with Crippen molar-refractivity contribution in [3.8, 4) is 0 Å². The molecule has 1 aromatic heterocycles. The van der Waals surface area contributed by atoms with Crippen molar-refractivity contribution in [1.29, 1.82) is 0 Å². The maximum Gasteiger partial charge on any atom is 0.260 e. The van der Waals surface area contributed by atoms with E-state index in [9.17, 15) is 4.79 Å². The van der Waals surface area contributed by atoms with Crippen molar-refractivity contribution in [2.45, 2.75) is 6.10 Å². The molecule has 1 amide bonds. The number of hydrogen-bond donors (Lipinski definition) is 1. The van der Waals surface area contributed by atoms with E-state index in [4.69, 9.17) is 27.9 Å². The van der Waals surface area contributed by atoms with Gasteiger partial charge in [-0.25, -0.2) is 4.98 Å². The first-order valence-corrected chi connectivity index (χ1v) is 9.11. The Kier molecular flexibility index (Phi) is 3.71. The van der Waals surface area contributed by atoms with E-state index in [0.29, 0.717) is 21.9 Å². The van der Waals surface area contributed by atoms with Crippen LogP contribution in [-0.4, -0.2) is 10.9 Å². The van der Waals surface area contributed by atoms with Gasteiger partial charge in [-0.15, -0.1) is 0 Å². The van der Waals surface area contributed by atoms with Crippen LogP contribution < -0.4 is 5.32 Å². The summed E-state index contributed by atoms with van der Waals surface area (Å²) in [7, 11) is 0. The molecule has 2 aliphatic heterocycles. The number of amides is 1.